The van der Waals surface area contributed by atoms with Crippen molar-refractivity contribution in [3.05, 3.63) is 0 Å². The molecule has 0 radical (unpaired) electrons. The number of carbonyl (C=O) groups excluding carboxylic acids is 1. The molecular weight excluding hydrogens is 240 g/mol. The monoisotopic (exact) mass is 260 g/mol. The van der Waals surface area contributed by atoms with Crippen LogP contribution in [0.1, 0.15) is 33.6 Å². The number of hydrogen-bond acceptors (Lipinski definition) is 3. The van der Waals surface area contributed by atoms with Crippen molar-refractivity contribution in [2.75, 3.05) is 13.1 Å². The molecule has 0 saturated carbocycles. The van der Waals surface area contributed by atoms with E-state index in [0.717, 1.165) is 4.90 Å². The quantitative estimate of drug-likeness (QED) is 0.626. The Morgan fingerprint density at radius 2 is 1.44 bits per heavy atom. The molecular formula is C11H20N2O5. The van der Waals surface area contributed by atoms with Crippen LogP contribution < -0.4 is 5.32 Å². The molecule has 7 nitrogen and oxygen atoms in total. The Morgan fingerprint density at radius 1 is 1.06 bits per heavy atom. The number of carboxylic acids is 2. The van der Waals surface area contributed by atoms with E-state index in [2.05, 4.69) is 5.32 Å². The lowest BCUT2D eigenvalue weighted by molar-refractivity contribution is -0.140. The van der Waals surface area contributed by atoms with Crippen LogP contribution in [0.2, 0.25) is 0 Å². The molecule has 0 rings (SSSR count). The zero-order valence-corrected chi connectivity index (χ0v) is 10.9. The molecule has 104 valence electrons. The number of nitrogens with one attached hydrogen (secondary N) is 1. The first kappa shape index (κ1) is 16.2. The highest BCUT2D eigenvalue weighted by Gasteiger charge is 2.27. The SMILES string of the molecule is CCC(C)(CC)NC(=O)N(CC(=O)O)CC(=O)O. The summed E-state index contributed by atoms with van der Waals surface area (Å²) in [4.78, 5) is 33.8. The van der Waals surface area contributed by atoms with Crippen LogP contribution in [0.15, 0.2) is 0 Å². The molecule has 3 N–H and O–H groups in total. The first-order valence-electron chi connectivity index (χ1n) is 5.74. The summed E-state index contributed by atoms with van der Waals surface area (Å²) < 4.78 is 0. The fraction of sp³-hybridized carbons (Fsp3) is 0.727. The van der Waals surface area contributed by atoms with Crippen LogP contribution in [0.5, 0.6) is 0 Å². The Balaban J connectivity index is 4.74. The minimum atomic E-state index is -1.25. The number of carboxylic acid groups (broad SMARTS) is 2. The fourth-order valence-corrected chi connectivity index (χ4v) is 1.29. The average Bonchev–Trinajstić information content (AvgIpc) is 2.26. The van der Waals surface area contributed by atoms with Crippen molar-refractivity contribution in [3.8, 4) is 0 Å². The van der Waals surface area contributed by atoms with Gasteiger partial charge in [0.25, 0.3) is 0 Å². The summed E-state index contributed by atoms with van der Waals surface area (Å²) in [6.07, 6.45) is 1.34. The number of carbonyl (C=O) groups is 3. The van der Waals surface area contributed by atoms with Crippen molar-refractivity contribution in [1.82, 2.24) is 10.2 Å². The highest BCUT2D eigenvalue weighted by molar-refractivity contribution is 5.84. The number of amides is 2. The van der Waals surface area contributed by atoms with E-state index in [4.69, 9.17) is 10.2 Å². The van der Waals surface area contributed by atoms with Crippen LogP contribution >= 0.6 is 0 Å². The predicted molar refractivity (Wildman–Crippen MR) is 64.4 cm³/mol. The molecule has 18 heavy (non-hydrogen) atoms. The molecule has 0 aromatic heterocycles. The standard InChI is InChI=1S/C11H20N2O5/c1-4-11(3,5-2)12-10(18)13(6-8(14)15)7-9(16)17/h4-7H2,1-3H3,(H,12,18)(H,14,15)(H,16,17). The van der Waals surface area contributed by atoms with Crippen molar-refractivity contribution < 1.29 is 24.6 Å². The van der Waals surface area contributed by atoms with Gasteiger partial charge in [0.1, 0.15) is 13.1 Å². The number of nitrogens with zero attached hydrogens (tertiary/aromatic N) is 1. The molecule has 0 aliphatic carbocycles. The van der Waals surface area contributed by atoms with Gasteiger partial charge in [0.2, 0.25) is 0 Å². The zero-order valence-electron chi connectivity index (χ0n) is 10.9. The van der Waals surface area contributed by atoms with Crippen molar-refractivity contribution in [3.63, 3.8) is 0 Å². The van der Waals surface area contributed by atoms with Crippen molar-refractivity contribution in [1.29, 1.82) is 0 Å². The van der Waals surface area contributed by atoms with Crippen molar-refractivity contribution >= 4 is 18.0 Å². The molecule has 0 bridgehead atoms. The minimum Gasteiger partial charge on any atom is -0.480 e. The smallest absolute Gasteiger partial charge is 0.323 e. The molecule has 0 aromatic rings. The molecule has 0 saturated heterocycles. The Hall–Kier alpha value is -1.79. The lowest BCUT2D eigenvalue weighted by Gasteiger charge is -2.31. The normalized spacial score (nSPS) is 10.8. The Kier molecular flexibility index (Phi) is 6.15. The molecule has 2 amide bonds. The Bertz CT molecular complexity index is 309. The first-order chi connectivity index (χ1) is 8.24. The topological polar surface area (TPSA) is 107 Å². The minimum absolute atomic E-state index is 0.466. The van der Waals surface area contributed by atoms with Crippen LogP contribution in [0, 0.1) is 0 Å². The van der Waals surface area contributed by atoms with Crippen molar-refractivity contribution in [2.45, 2.75) is 39.2 Å². The molecule has 0 aliphatic rings. The zero-order chi connectivity index (χ0) is 14.3. The van der Waals surface area contributed by atoms with Crippen molar-refractivity contribution in [2.24, 2.45) is 0 Å². The van der Waals surface area contributed by atoms with Crippen LogP contribution in [-0.4, -0.2) is 51.7 Å². The molecule has 0 atom stereocenters. The van der Waals surface area contributed by atoms with Crippen LogP contribution in [0.4, 0.5) is 4.79 Å². The largest absolute Gasteiger partial charge is 0.480 e. The number of urea groups is 1. The van der Waals surface area contributed by atoms with Gasteiger partial charge in [0.05, 0.1) is 0 Å². The third-order valence-corrected chi connectivity index (χ3v) is 2.91. The van der Waals surface area contributed by atoms with Crippen LogP contribution in [-0.2, 0) is 9.59 Å². The Morgan fingerprint density at radius 3 is 1.72 bits per heavy atom. The molecule has 0 unspecified atom stereocenters. The molecule has 0 aromatic carbocycles. The highest BCUT2D eigenvalue weighted by Crippen LogP contribution is 2.14. The summed E-state index contributed by atoms with van der Waals surface area (Å²) in [5.41, 5.74) is -0.466. The summed E-state index contributed by atoms with van der Waals surface area (Å²) in [5.74, 6) is -2.50. The van der Waals surface area contributed by atoms with Gasteiger partial charge in [0, 0.05) is 5.54 Å². The third-order valence-electron chi connectivity index (χ3n) is 2.91. The van der Waals surface area contributed by atoms with Crippen LogP contribution in [0.25, 0.3) is 0 Å². The van der Waals surface area contributed by atoms with E-state index in [1.807, 2.05) is 20.8 Å². The molecule has 0 aliphatic heterocycles. The molecule has 0 fully saturated rings. The Labute approximate surface area is 106 Å². The van der Waals surface area contributed by atoms with E-state index >= 15 is 0 Å². The molecule has 0 heterocycles. The number of rotatable bonds is 7. The van der Waals surface area contributed by atoms with Gasteiger partial charge >= 0.3 is 18.0 Å². The van der Waals surface area contributed by atoms with E-state index in [9.17, 15) is 14.4 Å². The average molecular weight is 260 g/mol. The first-order valence-corrected chi connectivity index (χ1v) is 5.74. The van der Waals surface area contributed by atoms with Gasteiger partial charge in [-0.15, -0.1) is 0 Å². The second kappa shape index (κ2) is 6.83. The second-order valence-electron chi connectivity index (χ2n) is 4.34. The summed E-state index contributed by atoms with van der Waals surface area (Å²) in [6.45, 7) is 4.33. The number of hydrogen-bond donors (Lipinski definition) is 3. The lowest BCUT2D eigenvalue weighted by Crippen LogP contribution is -2.53. The van der Waals surface area contributed by atoms with Gasteiger partial charge in [-0.3, -0.25) is 9.59 Å². The maximum absolute atomic E-state index is 11.8. The maximum Gasteiger partial charge on any atom is 0.323 e. The van der Waals surface area contributed by atoms with Gasteiger partial charge in [-0.05, 0) is 19.8 Å². The summed E-state index contributed by atoms with van der Waals surface area (Å²) in [5, 5.41) is 20.0. The summed E-state index contributed by atoms with van der Waals surface area (Å²) >= 11 is 0. The second-order valence-corrected chi connectivity index (χ2v) is 4.34. The van der Waals surface area contributed by atoms with E-state index < -0.39 is 36.6 Å². The van der Waals surface area contributed by atoms with E-state index in [0.29, 0.717) is 12.8 Å². The van der Waals surface area contributed by atoms with Gasteiger partial charge in [-0.1, -0.05) is 13.8 Å². The van der Waals surface area contributed by atoms with Gasteiger partial charge < -0.3 is 20.4 Å². The summed E-state index contributed by atoms with van der Waals surface area (Å²) in [6, 6.07) is -0.675. The van der Waals surface area contributed by atoms with Gasteiger partial charge in [-0.25, -0.2) is 4.79 Å². The lowest BCUT2D eigenvalue weighted by atomic mass is 9.96. The molecule has 7 heteroatoms. The summed E-state index contributed by atoms with van der Waals surface area (Å²) in [7, 11) is 0. The van der Waals surface area contributed by atoms with Crippen LogP contribution in [0.3, 0.4) is 0 Å². The fourth-order valence-electron chi connectivity index (χ4n) is 1.29. The third kappa shape index (κ3) is 5.51. The van der Waals surface area contributed by atoms with E-state index in [1.54, 1.807) is 0 Å². The molecule has 0 spiro atoms. The predicted octanol–water partition coefficient (Wildman–Crippen LogP) is 0.746. The highest BCUT2D eigenvalue weighted by atomic mass is 16.4. The number of aliphatic carboxylic acids is 2. The maximum atomic E-state index is 11.8. The van der Waals surface area contributed by atoms with E-state index in [-0.39, 0.29) is 0 Å². The van der Waals surface area contributed by atoms with Gasteiger partial charge in [0.15, 0.2) is 0 Å². The van der Waals surface area contributed by atoms with Gasteiger partial charge in [-0.2, -0.15) is 0 Å². The van der Waals surface area contributed by atoms with E-state index in [1.165, 1.54) is 0 Å².